The lowest BCUT2D eigenvalue weighted by Gasteiger charge is -2.25. The van der Waals surface area contributed by atoms with Crippen LogP contribution >= 0.6 is 0 Å². The van der Waals surface area contributed by atoms with Gasteiger partial charge in [-0.25, -0.2) is 5.84 Å². The summed E-state index contributed by atoms with van der Waals surface area (Å²) in [7, 11) is 1.72. The van der Waals surface area contributed by atoms with Crippen LogP contribution in [-0.2, 0) is 17.9 Å². The molecule has 204 valence electrons. The summed E-state index contributed by atoms with van der Waals surface area (Å²) in [5.74, 6) is 5.35. The Morgan fingerprint density at radius 1 is 1.18 bits per heavy atom. The largest absolute Gasteiger partial charge is 0.490 e. The number of benzene rings is 2. The highest BCUT2D eigenvalue weighted by Gasteiger charge is 2.24. The van der Waals surface area contributed by atoms with Crippen LogP contribution in [0.2, 0.25) is 0 Å². The number of nitrogen functional groups attached to an aromatic ring is 1. The number of rotatable bonds is 7. The molecule has 0 bridgehead atoms. The third kappa shape index (κ3) is 6.54. The molecule has 0 amide bonds. The van der Waals surface area contributed by atoms with E-state index >= 15 is 0 Å². The molecule has 0 saturated heterocycles. The van der Waals surface area contributed by atoms with Crippen LogP contribution in [0.5, 0.6) is 5.75 Å². The fraction of sp³-hybridized carbons (Fsp3) is 0.379. The second kappa shape index (κ2) is 12.6. The number of nitrogens with one attached hydrogen (secondary N) is 1. The minimum absolute atomic E-state index is 0.0627. The third-order valence-electron chi connectivity index (χ3n) is 6.84. The SMILES string of the molecule is CC.Cc1ccc(C(CC(=O)O)c2ccc(N(C)N)c(N)c2C)cc1CN1CCOc2ccc(=O)[nH]c2C1. The van der Waals surface area contributed by atoms with Crippen LogP contribution < -0.4 is 26.9 Å². The zero-order chi connectivity index (χ0) is 28.0. The van der Waals surface area contributed by atoms with Crippen molar-refractivity contribution in [3.05, 3.63) is 86.3 Å². The number of hydrogen-bond donors (Lipinski definition) is 4. The summed E-state index contributed by atoms with van der Waals surface area (Å²) in [5.41, 5.74) is 13.0. The first-order valence-electron chi connectivity index (χ1n) is 12.9. The van der Waals surface area contributed by atoms with E-state index in [4.69, 9.17) is 16.3 Å². The number of nitrogens with two attached hydrogens (primary N) is 2. The number of carboxylic acids is 1. The highest BCUT2D eigenvalue weighted by molar-refractivity contribution is 5.74. The predicted octanol–water partition coefficient (Wildman–Crippen LogP) is 3.91. The molecule has 9 heteroatoms. The summed E-state index contributed by atoms with van der Waals surface area (Å²) in [5, 5.41) is 11.2. The molecule has 38 heavy (non-hydrogen) atoms. The number of aliphatic carboxylic acids is 1. The number of nitrogens with zero attached hydrogens (tertiary/aromatic N) is 2. The van der Waals surface area contributed by atoms with Crippen LogP contribution in [-0.4, -0.2) is 41.2 Å². The van der Waals surface area contributed by atoms with E-state index in [0.717, 1.165) is 33.5 Å². The summed E-state index contributed by atoms with van der Waals surface area (Å²) in [6.07, 6.45) is -0.0627. The van der Waals surface area contributed by atoms with Gasteiger partial charge in [-0.15, -0.1) is 0 Å². The number of aromatic amines is 1. The molecular formula is C29H39N5O4. The maximum absolute atomic E-state index is 11.9. The summed E-state index contributed by atoms with van der Waals surface area (Å²) in [6.45, 7) is 10.3. The summed E-state index contributed by atoms with van der Waals surface area (Å²) in [6, 6.07) is 13.0. The smallest absolute Gasteiger partial charge is 0.304 e. The number of pyridine rings is 1. The van der Waals surface area contributed by atoms with Gasteiger partial charge in [-0.2, -0.15) is 0 Å². The predicted molar refractivity (Wildman–Crippen MR) is 151 cm³/mol. The lowest BCUT2D eigenvalue weighted by atomic mass is 9.84. The number of ether oxygens (including phenoxy) is 1. The second-order valence-corrected chi connectivity index (χ2v) is 9.38. The van der Waals surface area contributed by atoms with Crippen LogP contribution in [0.25, 0.3) is 0 Å². The molecule has 9 nitrogen and oxygen atoms in total. The molecule has 6 N–H and O–H groups in total. The van der Waals surface area contributed by atoms with Gasteiger partial charge in [0.05, 0.1) is 23.5 Å². The molecule has 1 atom stereocenters. The Bertz CT molecular complexity index is 1340. The van der Waals surface area contributed by atoms with Gasteiger partial charge < -0.3 is 25.6 Å². The van der Waals surface area contributed by atoms with Crippen molar-refractivity contribution in [1.29, 1.82) is 0 Å². The van der Waals surface area contributed by atoms with E-state index in [1.165, 1.54) is 11.1 Å². The van der Waals surface area contributed by atoms with E-state index in [9.17, 15) is 14.7 Å². The number of anilines is 2. The Kier molecular flexibility index (Phi) is 9.55. The molecule has 0 fully saturated rings. The van der Waals surface area contributed by atoms with Gasteiger partial charge >= 0.3 is 5.97 Å². The van der Waals surface area contributed by atoms with Crippen LogP contribution in [0.3, 0.4) is 0 Å². The monoisotopic (exact) mass is 521 g/mol. The first-order chi connectivity index (χ1) is 18.1. The highest BCUT2D eigenvalue weighted by atomic mass is 16.5. The third-order valence-corrected chi connectivity index (χ3v) is 6.84. The lowest BCUT2D eigenvalue weighted by Crippen LogP contribution is -2.26. The normalized spacial score (nSPS) is 13.8. The second-order valence-electron chi connectivity index (χ2n) is 9.38. The Balaban J connectivity index is 0.00000195. The Morgan fingerprint density at radius 3 is 2.61 bits per heavy atom. The van der Waals surface area contributed by atoms with Gasteiger partial charge in [-0.1, -0.05) is 38.1 Å². The van der Waals surface area contributed by atoms with Crippen LogP contribution in [0.15, 0.2) is 47.3 Å². The number of carbonyl (C=O) groups is 1. The zero-order valence-corrected chi connectivity index (χ0v) is 22.9. The number of H-pyrrole nitrogens is 1. The van der Waals surface area contributed by atoms with Gasteiger partial charge in [0.1, 0.15) is 12.4 Å². The van der Waals surface area contributed by atoms with Gasteiger partial charge in [0.15, 0.2) is 0 Å². The number of hydrazine groups is 1. The van der Waals surface area contributed by atoms with E-state index in [1.807, 2.05) is 52.0 Å². The van der Waals surface area contributed by atoms with Gasteiger partial charge in [0, 0.05) is 38.7 Å². The van der Waals surface area contributed by atoms with Crippen molar-refractivity contribution in [2.45, 2.75) is 53.1 Å². The molecule has 4 rings (SSSR count). The molecule has 1 aromatic heterocycles. The van der Waals surface area contributed by atoms with Gasteiger partial charge in [0.2, 0.25) is 5.56 Å². The summed E-state index contributed by atoms with van der Waals surface area (Å²) in [4.78, 5) is 28.8. The fourth-order valence-corrected chi connectivity index (χ4v) is 4.80. The molecule has 1 unspecified atom stereocenters. The average Bonchev–Trinajstić information content (AvgIpc) is 3.08. The lowest BCUT2D eigenvalue weighted by molar-refractivity contribution is -0.137. The first kappa shape index (κ1) is 28.7. The molecule has 3 aromatic rings. The number of aryl methyl sites for hydroxylation is 1. The molecule has 1 aliphatic rings. The van der Waals surface area contributed by atoms with Crippen LogP contribution in [0.4, 0.5) is 11.4 Å². The standard InChI is InChI=1S/C27H33N5O4.C2H6/c1-16-4-5-18(21(13-26(34)35)20-6-7-23(31(3)29)27(28)17(20)2)12-19(16)14-32-10-11-36-24-8-9-25(33)30-22(24)15-32;1-2/h4-9,12,21H,10-11,13-15,28-29H2,1-3H3,(H,30,33)(H,34,35);1-2H3. The van der Waals surface area contributed by atoms with Crippen molar-refractivity contribution >= 4 is 17.3 Å². The number of hydrogen-bond acceptors (Lipinski definition) is 7. The van der Waals surface area contributed by atoms with Crippen molar-refractivity contribution < 1.29 is 14.6 Å². The zero-order valence-electron chi connectivity index (χ0n) is 22.9. The van der Waals surface area contributed by atoms with E-state index in [0.29, 0.717) is 43.4 Å². The maximum atomic E-state index is 11.9. The van der Waals surface area contributed by atoms with E-state index in [1.54, 1.807) is 13.1 Å². The minimum Gasteiger partial charge on any atom is -0.490 e. The van der Waals surface area contributed by atoms with Crippen molar-refractivity contribution in [2.75, 3.05) is 30.9 Å². The molecule has 0 aliphatic carbocycles. The maximum Gasteiger partial charge on any atom is 0.304 e. The Labute approximate surface area is 224 Å². The summed E-state index contributed by atoms with van der Waals surface area (Å²) >= 11 is 0. The van der Waals surface area contributed by atoms with Crippen molar-refractivity contribution in [2.24, 2.45) is 5.84 Å². The highest BCUT2D eigenvalue weighted by Crippen LogP contribution is 2.37. The van der Waals surface area contributed by atoms with Gasteiger partial charge in [-0.05, 0) is 53.8 Å². The molecule has 1 aliphatic heterocycles. The molecule has 2 aromatic carbocycles. The van der Waals surface area contributed by atoms with E-state index in [2.05, 4.69) is 16.0 Å². The number of carboxylic acid groups (broad SMARTS) is 1. The minimum atomic E-state index is -0.884. The summed E-state index contributed by atoms with van der Waals surface area (Å²) < 4.78 is 5.81. The van der Waals surface area contributed by atoms with E-state index < -0.39 is 5.97 Å². The van der Waals surface area contributed by atoms with Crippen LogP contribution in [0.1, 0.15) is 59.7 Å². The molecule has 2 heterocycles. The number of fused-ring (bicyclic) bond motifs is 1. The molecular weight excluding hydrogens is 482 g/mol. The molecule has 0 spiro atoms. The Morgan fingerprint density at radius 2 is 1.92 bits per heavy atom. The first-order valence-corrected chi connectivity index (χ1v) is 12.9. The van der Waals surface area contributed by atoms with Gasteiger partial charge in [0.25, 0.3) is 0 Å². The topological polar surface area (TPSA) is 138 Å². The van der Waals surface area contributed by atoms with Crippen molar-refractivity contribution in [1.82, 2.24) is 9.88 Å². The van der Waals surface area contributed by atoms with Crippen molar-refractivity contribution in [3.63, 3.8) is 0 Å². The van der Waals surface area contributed by atoms with E-state index in [-0.39, 0.29) is 17.9 Å². The molecule has 0 radical (unpaired) electrons. The molecule has 0 saturated carbocycles. The van der Waals surface area contributed by atoms with Gasteiger partial charge in [-0.3, -0.25) is 14.5 Å². The quantitative estimate of drug-likeness (QED) is 0.209. The average molecular weight is 522 g/mol. The van der Waals surface area contributed by atoms with Crippen molar-refractivity contribution in [3.8, 4) is 5.75 Å². The van der Waals surface area contributed by atoms with Crippen LogP contribution in [0, 0.1) is 13.8 Å². The number of aromatic nitrogens is 1. The fourth-order valence-electron chi connectivity index (χ4n) is 4.80. The Hall–Kier alpha value is -3.82.